The van der Waals surface area contributed by atoms with Crippen molar-refractivity contribution >= 4 is 264 Å². The third kappa shape index (κ3) is 15.4. The molecule has 0 saturated heterocycles. The van der Waals surface area contributed by atoms with E-state index in [4.69, 9.17) is 17.7 Å². The summed E-state index contributed by atoms with van der Waals surface area (Å²) in [6, 6.07) is 152. The van der Waals surface area contributed by atoms with E-state index in [0.717, 1.165) is 99.7 Å². The van der Waals surface area contributed by atoms with Crippen molar-refractivity contribution < 1.29 is 17.7 Å². The highest BCUT2D eigenvalue weighted by Crippen LogP contribution is 2.48. The average molecular weight is 2010 g/mol. The summed E-state index contributed by atoms with van der Waals surface area (Å²) >= 11 is 19.9. The Bertz CT molecular complexity index is 9150. The molecule has 5 heterocycles. The van der Waals surface area contributed by atoms with Crippen molar-refractivity contribution in [2.75, 3.05) is 0 Å². The standard InChI is InChI=1S/C28H17BrO.C26H15BrO.2C22H13BrO.C22H13BrS/c29-26-12-6-5-11-23(26)22-10-4-3-9-21(22)20-13-14-24-25-15-18-7-1-2-8-19(18)16-28(25)30-27(24)17-20;27-20-11-18-7-3-4-8-21(18)23(15-20)19-9-10-22-24-12-16-5-1-2-6-17(16)13-26(24)28-25(22)14-19;23-16-10-8-14(9-11-16)17-6-3-4-15-12-20-18-5-1-2-7-21(18)24-22(20)13-19(15)17;23-18-7-3-6-14(10-18)17-8-9-21-19(12-17)20-11-15-4-1-2-5-16(15)13-22(20)24-21;23-16-10-11-20-18(13-16)19-12-15-8-4-5-9-17(15)21(22(19)24-20)14-6-2-1-3-7-14/h1-17H;1-15H;3*1-13H. The van der Waals surface area contributed by atoms with Crippen LogP contribution >= 0.6 is 91.0 Å². The normalized spacial score (nSPS) is 11.6. The largest absolute Gasteiger partial charge is 0.456 e. The Kier molecular flexibility index (Phi) is 21.3. The zero-order valence-electron chi connectivity index (χ0n) is 69.4. The molecule has 130 heavy (non-hydrogen) atoms. The van der Waals surface area contributed by atoms with Crippen LogP contribution in [0.3, 0.4) is 0 Å². The van der Waals surface area contributed by atoms with Gasteiger partial charge in [-0.2, -0.15) is 0 Å². The van der Waals surface area contributed by atoms with Crippen LogP contribution < -0.4 is 0 Å². The molecule has 27 rings (SSSR count). The molecule has 0 amide bonds. The fraction of sp³-hybridized carbons (Fsp3) is 0. The molecule has 0 aliphatic heterocycles. The molecule has 22 aromatic carbocycles. The third-order valence-corrected chi connectivity index (χ3v) is 28.6. The average Bonchev–Trinajstić information content (AvgIpc) is 1.58. The van der Waals surface area contributed by atoms with E-state index < -0.39 is 0 Å². The van der Waals surface area contributed by atoms with Crippen molar-refractivity contribution in [1.82, 2.24) is 0 Å². The molecule has 4 nitrogen and oxygen atoms in total. The Morgan fingerprint density at radius 2 is 0.569 bits per heavy atom. The highest BCUT2D eigenvalue weighted by atomic mass is 79.9. The van der Waals surface area contributed by atoms with Gasteiger partial charge in [-0.25, -0.2) is 0 Å². The van der Waals surface area contributed by atoms with Gasteiger partial charge in [-0.3, -0.25) is 0 Å². The van der Waals surface area contributed by atoms with Crippen molar-refractivity contribution in [1.29, 1.82) is 0 Å². The van der Waals surface area contributed by atoms with Gasteiger partial charge in [-0.15, -0.1) is 11.3 Å². The van der Waals surface area contributed by atoms with E-state index in [1.54, 1.807) is 0 Å². The predicted molar refractivity (Wildman–Crippen MR) is 570 cm³/mol. The summed E-state index contributed by atoms with van der Waals surface area (Å²) in [6.45, 7) is 0. The molecule has 616 valence electrons. The van der Waals surface area contributed by atoms with Crippen LogP contribution in [0.25, 0.3) is 239 Å². The smallest absolute Gasteiger partial charge is 0.136 e. The van der Waals surface area contributed by atoms with Gasteiger partial charge < -0.3 is 17.7 Å². The summed E-state index contributed by atoms with van der Waals surface area (Å²) in [7, 11) is 0. The van der Waals surface area contributed by atoms with Gasteiger partial charge in [0.15, 0.2) is 0 Å². The molecular formula is C120H71Br5O4S. The number of furan rings is 4. The van der Waals surface area contributed by atoms with E-state index >= 15 is 0 Å². The molecule has 0 fully saturated rings. The Hall–Kier alpha value is -13.8. The van der Waals surface area contributed by atoms with Crippen LogP contribution in [0, 0.1) is 0 Å². The number of para-hydroxylation sites is 1. The zero-order valence-corrected chi connectivity index (χ0v) is 78.2. The highest BCUT2D eigenvalue weighted by molar-refractivity contribution is 9.11. The van der Waals surface area contributed by atoms with Crippen molar-refractivity contribution in [3.05, 3.63) is 453 Å². The minimum absolute atomic E-state index is 0.916. The monoisotopic (exact) mass is 2000 g/mol. The number of hydrogen-bond acceptors (Lipinski definition) is 5. The number of halogens is 5. The number of fused-ring (bicyclic) bond motifs is 21. The number of thiophene rings is 1. The zero-order chi connectivity index (χ0) is 87.0. The van der Waals surface area contributed by atoms with E-state index in [1.165, 1.54) is 162 Å². The number of benzene rings is 22. The van der Waals surface area contributed by atoms with Gasteiger partial charge in [-0.05, 0) is 284 Å². The van der Waals surface area contributed by atoms with Crippen LogP contribution in [0.2, 0.25) is 0 Å². The molecule has 0 aliphatic rings. The van der Waals surface area contributed by atoms with Crippen molar-refractivity contribution in [2.24, 2.45) is 0 Å². The van der Waals surface area contributed by atoms with Crippen molar-refractivity contribution in [3.8, 4) is 66.8 Å². The molecule has 0 N–H and O–H groups in total. The van der Waals surface area contributed by atoms with Crippen LogP contribution in [0.5, 0.6) is 0 Å². The quantitative estimate of drug-likeness (QED) is 0.166. The lowest BCUT2D eigenvalue weighted by Gasteiger charge is -2.11. The van der Waals surface area contributed by atoms with E-state index in [2.05, 4.69) is 486 Å². The topological polar surface area (TPSA) is 52.6 Å². The second-order valence-corrected chi connectivity index (χ2v) is 38.2. The fourth-order valence-corrected chi connectivity index (χ4v) is 21.8. The molecular weight excluding hydrogens is 1940 g/mol. The van der Waals surface area contributed by atoms with Crippen LogP contribution in [0.15, 0.2) is 471 Å². The molecule has 0 unspecified atom stereocenters. The minimum atomic E-state index is 0.916. The molecule has 0 aliphatic carbocycles. The van der Waals surface area contributed by atoms with Gasteiger partial charge in [0.2, 0.25) is 0 Å². The maximum Gasteiger partial charge on any atom is 0.136 e. The van der Waals surface area contributed by atoms with E-state index in [1.807, 2.05) is 35.6 Å². The second-order valence-electron chi connectivity index (χ2n) is 32.7. The van der Waals surface area contributed by atoms with Crippen molar-refractivity contribution in [2.45, 2.75) is 0 Å². The van der Waals surface area contributed by atoms with E-state index in [0.29, 0.717) is 0 Å². The molecule has 0 spiro atoms. The van der Waals surface area contributed by atoms with Gasteiger partial charge in [0, 0.05) is 91.2 Å². The first-order valence-corrected chi connectivity index (χ1v) is 47.7. The summed E-state index contributed by atoms with van der Waals surface area (Å²) in [5.41, 5.74) is 22.0. The summed E-state index contributed by atoms with van der Waals surface area (Å²) in [4.78, 5) is 0. The minimum Gasteiger partial charge on any atom is -0.456 e. The van der Waals surface area contributed by atoms with Gasteiger partial charge in [0.1, 0.15) is 44.7 Å². The van der Waals surface area contributed by atoms with Crippen LogP contribution in [-0.4, -0.2) is 0 Å². The molecule has 0 radical (unpaired) electrons. The van der Waals surface area contributed by atoms with Crippen molar-refractivity contribution in [3.63, 3.8) is 0 Å². The van der Waals surface area contributed by atoms with E-state index in [9.17, 15) is 0 Å². The summed E-state index contributed by atoms with van der Waals surface area (Å²) < 4.78 is 32.8. The SMILES string of the molecule is Brc1cc(-c2ccc3c(c2)oc2cc4ccccc4cc23)c2ccccc2c1.Brc1ccc(-c2cccc3cc4c(cc23)oc2ccccc24)cc1.Brc1ccc2sc3c(-c4ccccc4)c4ccccc4cc3c2c1.Brc1cccc(-c2ccc3oc4cc5ccccc5cc4c3c2)c1.Brc1ccccc1-c1ccccc1-c1ccc2c(c1)oc1cc3ccccc3cc12. The van der Waals surface area contributed by atoms with Gasteiger partial charge >= 0.3 is 0 Å². The third-order valence-electron chi connectivity index (χ3n) is 24.8. The fourth-order valence-electron chi connectivity index (χ4n) is 18.5. The van der Waals surface area contributed by atoms with Crippen LogP contribution in [0.1, 0.15) is 0 Å². The van der Waals surface area contributed by atoms with Crippen LogP contribution in [-0.2, 0) is 0 Å². The summed E-state index contributed by atoms with van der Waals surface area (Å²) in [5, 5.41) is 26.8. The molecule has 27 aromatic rings. The van der Waals surface area contributed by atoms with Gasteiger partial charge in [0.05, 0.1) is 0 Å². The Morgan fingerprint density at radius 1 is 0.162 bits per heavy atom. The summed E-state index contributed by atoms with van der Waals surface area (Å²) in [5.74, 6) is 0. The molecule has 0 atom stereocenters. The lowest BCUT2D eigenvalue weighted by Crippen LogP contribution is -1.86. The Labute approximate surface area is 793 Å². The second kappa shape index (κ2) is 34.3. The Balaban J connectivity index is 0.0000000928. The molecule has 5 aromatic heterocycles. The molecule has 10 heteroatoms. The lowest BCUT2D eigenvalue weighted by atomic mass is 9.94. The summed E-state index contributed by atoms with van der Waals surface area (Å²) in [6.07, 6.45) is 0. The maximum absolute atomic E-state index is 6.28. The molecule has 0 bridgehead atoms. The maximum atomic E-state index is 6.28. The highest BCUT2D eigenvalue weighted by Gasteiger charge is 2.20. The van der Waals surface area contributed by atoms with Crippen LogP contribution in [0.4, 0.5) is 0 Å². The first-order valence-electron chi connectivity index (χ1n) is 43.0. The first-order chi connectivity index (χ1) is 63.9. The first kappa shape index (κ1) is 80.8. The predicted octanol–water partition coefficient (Wildman–Crippen LogP) is 39.1. The lowest BCUT2D eigenvalue weighted by molar-refractivity contribution is 0.669. The Morgan fingerprint density at radius 3 is 1.21 bits per heavy atom. The van der Waals surface area contributed by atoms with Gasteiger partial charge in [-0.1, -0.05) is 353 Å². The number of rotatable bonds is 6. The molecule has 0 saturated carbocycles. The number of hydrogen-bond donors (Lipinski definition) is 0. The van der Waals surface area contributed by atoms with Gasteiger partial charge in [0.25, 0.3) is 0 Å². The van der Waals surface area contributed by atoms with E-state index in [-0.39, 0.29) is 0 Å².